The molecule has 0 aromatic heterocycles. The van der Waals surface area contributed by atoms with Crippen molar-refractivity contribution in [3.05, 3.63) is 0 Å². The third-order valence-electron chi connectivity index (χ3n) is 4.29. The van der Waals surface area contributed by atoms with Crippen molar-refractivity contribution in [2.45, 2.75) is 39.5 Å². The highest BCUT2D eigenvalue weighted by Crippen LogP contribution is 2.39. The van der Waals surface area contributed by atoms with Crippen molar-refractivity contribution in [2.24, 2.45) is 11.3 Å². The minimum Gasteiger partial charge on any atom is -0.449 e. The summed E-state index contributed by atoms with van der Waals surface area (Å²) in [6, 6.07) is 0. The Kier molecular flexibility index (Phi) is 6.40. The minimum atomic E-state index is -0.118. The number of likely N-dealkylation sites (tertiary alicyclic amines) is 1. The van der Waals surface area contributed by atoms with E-state index in [0.717, 1.165) is 39.0 Å². The van der Waals surface area contributed by atoms with Crippen LogP contribution in [0.3, 0.4) is 0 Å². The molecule has 1 amide bonds. The number of carbonyl (C=O) groups excluding carboxylic acids is 1. The zero-order valence-corrected chi connectivity index (χ0v) is 12.9. The second kappa shape index (κ2) is 7.34. The number of nitrogens with zero attached hydrogens (tertiary/aromatic N) is 1. The molecule has 0 atom stereocenters. The first-order valence-electron chi connectivity index (χ1n) is 7.24. The standard InChI is InChI=1S/C14H26N2O2.ClH/c1-12(2)11-18-13(17)16-9-5-14(6-10-16)3-7-15-8-4-14;/h12,15H,3-11H2,1-2H3;1H. The second-order valence-corrected chi connectivity index (χ2v) is 6.21. The number of hydrogen-bond acceptors (Lipinski definition) is 3. The van der Waals surface area contributed by atoms with E-state index in [9.17, 15) is 4.79 Å². The highest BCUT2D eigenvalue weighted by atomic mass is 35.5. The van der Waals surface area contributed by atoms with E-state index in [1.54, 1.807) is 0 Å². The van der Waals surface area contributed by atoms with E-state index in [-0.39, 0.29) is 18.5 Å². The summed E-state index contributed by atoms with van der Waals surface area (Å²) in [7, 11) is 0. The average Bonchev–Trinajstić information content (AvgIpc) is 2.38. The van der Waals surface area contributed by atoms with Crippen LogP contribution in [-0.2, 0) is 4.74 Å². The highest BCUT2D eigenvalue weighted by molar-refractivity contribution is 5.85. The molecule has 0 aromatic carbocycles. The summed E-state index contributed by atoms with van der Waals surface area (Å²) in [5.41, 5.74) is 0.500. The van der Waals surface area contributed by atoms with Gasteiger partial charge in [-0.1, -0.05) is 13.8 Å². The van der Waals surface area contributed by atoms with E-state index < -0.39 is 0 Å². The number of piperidine rings is 2. The van der Waals surface area contributed by atoms with Crippen LogP contribution in [0, 0.1) is 11.3 Å². The molecule has 2 rings (SSSR count). The topological polar surface area (TPSA) is 41.6 Å². The van der Waals surface area contributed by atoms with Crippen LogP contribution < -0.4 is 5.32 Å². The van der Waals surface area contributed by atoms with Gasteiger partial charge < -0.3 is 15.0 Å². The molecular weight excluding hydrogens is 264 g/mol. The van der Waals surface area contributed by atoms with Crippen LogP contribution in [0.5, 0.6) is 0 Å². The summed E-state index contributed by atoms with van der Waals surface area (Å²) in [5.74, 6) is 0.412. The number of amides is 1. The summed E-state index contributed by atoms with van der Waals surface area (Å²) in [6.07, 6.45) is 4.70. The lowest BCUT2D eigenvalue weighted by Crippen LogP contribution is -2.47. The first kappa shape index (κ1) is 16.6. The number of halogens is 1. The molecule has 0 radical (unpaired) electrons. The molecule has 112 valence electrons. The van der Waals surface area contributed by atoms with Crippen LogP contribution in [0.15, 0.2) is 0 Å². The predicted octanol–water partition coefficient (Wildman–Crippen LogP) is 2.67. The van der Waals surface area contributed by atoms with Crippen LogP contribution in [0.25, 0.3) is 0 Å². The Labute approximate surface area is 122 Å². The van der Waals surface area contributed by atoms with Gasteiger partial charge in [0.25, 0.3) is 0 Å². The first-order chi connectivity index (χ1) is 8.61. The lowest BCUT2D eigenvalue weighted by atomic mass is 9.72. The molecule has 4 nitrogen and oxygen atoms in total. The Balaban J connectivity index is 0.00000180. The Morgan fingerprint density at radius 3 is 2.32 bits per heavy atom. The normalized spacial score (nSPS) is 22.2. The van der Waals surface area contributed by atoms with Gasteiger partial charge in [0.1, 0.15) is 0 Å². The quantitative estimate of drug-likeness (QED) is 0.850. The Bertz CT molecular complexity index is 281. The van der Waals surface area contributed by atoms with E-state index in [1.807, 2.05) is 4.90 Å². The van der Waals surface area contributed by atoms with E-state index in [4.69, 9.17) is 4.74 Å². The van der Waals surface area contributed by atoms with Gasteiger partial charge in [-0.2, -0.15) is 0 Å². The van der Waals surface area contributed by atoms with Crippen LogP contribution in [-0.4, -0.2) is 43.8 Å². The van der Waals surface area contributed by atoms with Crippen molar-refractivity contribution in [2.75, 3.05) is 32.8 Å². The predicted molar refractivity (Wildman–Crippen MR) is 78.8 cm³/mol. The smallest absolute Gasteiger partial charge is 0.409 e. The number of rotatable bonds is 2. The molecule has 2 aliphatic heterocycles. The van der Waals surface area contributed by atoms with Crippen molar-refractivity contribution in [1.29, 1.82) is 0 Å². The van der Waals surface area contributed by atoms with E-state index >= 15 is 0 Å². The van der Waals surface area contributed by atoms with Crippen LogP contribution >= 0.6 is 12.4 Å². The molecular formula is C14H27ClN2O2. The summed E-state index contributed by atoms with van der Waals surface area (Å²) >= 11 is 0. The van der Waals surface area contributed by atoms with E-state index in [0.29, 0.717) is 17.9 Å². The molecule has 1 N–H and O–H groups in total. The zero-order valence-electron chi connectivity index (χ0n) is 12.1. The van der Waals surface area contributed by atoms with Gasteiger partial charge >= 0.3 is 6.09 Å². The van der Waals surface area contributed by atoms with Gasteiger partial charge in [0.05, 0.1) is 6.61 Å². The van der Waals surface area contributed by atoms with Crippen molar-refractivity contribution in [3.8, 4) is 0 Å². The zero-order chi connectivity index (χ0) is 13.0. The molecule has 0 unspecified atom stereocenters. The number of hydrogen-bond donors (Lipinski definition) is 1. The molecule has 2 heterocycles. The van der Waals surface area contributed by atoms with Gasteiger partial charge in [-0.15, -0.1) is 12.4 Å². The summed E-state index contributed by atoms with van der Waals surface area (Å²) in [4.78, 5) is 13.7. The molecule has 0 saturated carbocycles. The molecule has 0 bridgehead atoms. The molecule has 0 aliphatic carbocycles. The Morgan fingerprint density at radius 1 is 1.21 bits per heavy atom. The van der Waals surface area contributed by atoms with Crippen LogP contribution in [0.4, 0.5) is 4.79 Å². The molecule has 19 heavy (non-hydrogen) atoms. The Morgan fingerprint density at radius 2 is 1.79 bits per heavy atom. The van der Waals surface area contributed by atoms with E-state index in [1.165, 1.54) is 12.8 Å². The minimum absolute atomic E-state index is 0. The fourth-order valence-electron chi connectivity index (χ4n) is 2.95. The average molecular weight is 291 g/mol. The van der Waals surface area contributed by atoms with Gasteiger partial charge in [0.15, 0.2) is 0 Å². The number of ether oxygens (including phenoxy) is 1. The summed E-state index contributed by atoms with van der Waals surface area (Å²) in [5, 5.41) is 3.42. The maximum Gasteiger partial charge on any atom is 0.409 e. The summed E-state index contributed by atoms with van der Waals surface area (Å²) < 4.78 is 5.29. The molecule has 2 fully saturated rings. The molecule has 1 spiro atoms. The maximum atomic E-state index is 11.9. The first-order valence-corrected chi connectivity index (χ1v) is 7.24. The van der Waals surface area contributed by atoms with Gasteiger partial charge in [-0.3, -0.25) is 0 Å². The lowest BCUT2D eigenvalue weighted by Gasteiger charge is -2.44. The van der Waals surface area contributed by atoms with Gasteiger partial charge in [-0.05, 0) is 50.1 Å². The van der Waals surface area contributed by atoms with Gasteiger partial charge in [-0.25, -0.2) is 4.79 Å². The Hall–Kier alpha value is -0.480. The van der Waals surface area contributed by atoms with Crippen LogP contribution in [0.2, 0.25) is 0 Å². The fourth-order valence-corrected chi connectivity index (χ4v) is 2.95. The molecule has 2 aliphatic rings. The lowest BCUT2D eigenvalue weighted by molar-refractivity contribution is 0.0475. The molecule has 2 saturated heterocycles. The second-order valence-electron chi connectivity index (χ2n) is 6.21. The van der Waals surface area contributed by atoms with Crippen molar-refractivity contribution in [3.63, 3.8) is 0 Å². The molecule has 5 heteroatoms. The molecule has 0 aromatic rings. The third-order valence-corrected chi connectivity index (χ3v) is 4.29. The van der Waals surface area contributed by atoms with Gasteiger partial charge in [0.2, 0.25) is 0 Å². The number of carbonyl (C=O) groups is 1. The SMILES string of the molecule is CC(C)COC(=O)N1CCC2(CCNCC2)CC1.Cl. The third kappa shape index (κ3) is 4.53. The maximum absolute atomic E-state index is 11.9. The summed E-state index contributed by atoms with van der Waals surface area (Å²) in [6.45, 7) is 8.68. The largest absolute Gasteiger partial charge is 0.449 e. The number of nitrogens with one attached hydrogen (secondary N) is 1. The van der Waals surface area contributed by atoms with Gasteiger partial charge in [0, 0.05) is 13.1 Å². The highest BCUT2D eigenvalue weighted by Gasteiger charge is 2.36. The van der Waals surface area contributed by atoms with Crippen molar-refractivity contribution in [1.82, 2.24) is 10.2 Å². The van der Waals surface area contributed by atoms with Crippen LogP contribution in [0.1, 0.15) is 39.5 Å². The van der Waals surface area contributed by atoms with E-state index in [2.05, 4.69) is 19.2 Å². The van der Waals surface area contributed by atoms with Crippen molar-refractivity contribution < 1.29 is 9.53 Å². The fraction of sp³-hybridized carbons (Fsp3) is 0.929. The van der Waals surface area contributed by atoms with Crippen molar-refractivity contribution >= 4 is 18.5 Å². The monoisotopic (exact) mass is 290 g/mol.